The van der Waals surface area contributed by atoms with Crippen LogP contribution in [0, 0.1) is 12.7 Å². The summed E-state index contributed by atoms with van der Waals surface area (Å²) in [5.74, 6) is 1.16. The number of pyridine rings is 2. The standard InChI is InChI=1S/C25H26FN9/c1-16-14-35-15-18(9-21(26)24(35)31-16)19-12-28-23-20(19)13-30-25(32-23)29-11-17-3-4-22(27-10-17)34-7-5-33(2)6-8-34/h3-4,9-10,12-15H,5-8,11H2,1-2H3,(H2,28,29,30,32). The third-order valence-electron chi connectivity index (χ3n) is 6.46. The van der Waals surface area contributed by atoms with E-state index in [1.165, 1.54) is 6.07 Å². The molecular formula is C25H26FN9. The van der Waals surface area contributed by atoms with E-state index in [9.17, 15) is 4.39 Å². The molecule has 6 rings (SSSR count). The van der Waals surface area contributed by atoms with Gasteiger partial charge in [0, 0.05) is 80.2 Å². The zero-order valence-corrected chi connectivity index (χ0v) is 19.7. The average molecular weight is 472 g/mol. The SMILES string of the molecule is Cc1cn2cc(-c3c[nH]c4nc(NCc5ccc(N6CCN(C)CC6)nc5)ncc34)cc(F)c2n1. The molecule has 6 heterocycles. The fourth-order valence-corrected chi connectivity index (χ4v) is 4.48. The highest BCUT2D eigenvalue weighted by atomic mass is 19.1. The first-order valence-electron chi connectivity index (χ1n) is 11.6. The van der Waals surface area contributed by atoms with E-state index in [0.29, 0.717) is 23.8 Å². The van der Waals surface area contributed by atoms with Gasteiger partial charge in [0.15, 0.2) is 11.5 Å². The molecule has 1 saturated heterocycles. The normalized spacial score (nSPS) is 14.8. The van der Waals surface area contributed by atoms with Gasteiger partial charge in [0.1, 0.15) is 11.5 Å². The number of halogens is 1. The molecule has 0 saturated carbocycles. The number of piperazine rings is 1. The minimum Gasteiger partial charge on any atom is -0.354 e. The minimum atomic E-state index is -0.364. The van der Waals surface area contributed by atoms with E-state index in [4.69, 9.17) is 0 Å². The lowest BCUT2D eigenvalue weighted by Crippen LogP contribution is -2.44. The van der Waals surface area contributed by atoms with E-state index in [-0.39, 0.29) is 5.82 Å². The van der Waals surface area contributed by atoms with Gasteiger partial charge in [-0.05, 0) is 31.7 Å². The molecule has 0 atom stereocenters. The molecule has 1 fully saturated rings. The smallest absolute Gasteiger partial charge is 0.224 e. The van der Waals surface area contributed by atoms with Crippen LogP contribution in [0.15, 0.2) is 49.2 Å². The predicted molar refractivity (Wildman–Crippen MR) is 134 cm³/mol. The Balaban J connectivity index is 1.17. The van der Waals surface area contributed by atoms with Crippen LogP contribution in [0.2, 0.25) is 0 Å². The Bertz CT molecular complexity index is 1500. The van der Waals surface area contributed by atoms with Gasteiger partial charge in [0.25, 0.3) is 0 Å². The van der Waals surface area contributed by atoms with Crippen molar-refractivity contribution in [3.8, 4) is 11.1 Å². The van der Waals surface area contributed by atoms with Crippen molar-refractivity contribution in [2.24, 2.45) is 0 Å². The summed E-state index contributed by atoms with van der Waals surface area (Å²) in [6.45, 7) is 6.51. The zero-order valence-electron chi connectivity index (χ0n) is 19.7. The van der Waals surface area contributed by atoms with Crippen LogP contribution in [-0.4, -0.2) is 67.4 Å². The molecule has 0 aromatic carbocycles. The quantitative estimate of drug-likeness (QED) is 0.406. The van der Waals surface area contributed by atoms with Crippen molar-refractivity contribution in [1.82, 2.24) is 34.2 Å². The molecule has 1 aliphatic rings. The van der Waals surface area contributed by atoms with E-state index >= 15 is 0 Å². The van der Waals surface area contributed by atoms with Crippen molar-refractivity contribution in [2.45, 2.75) is 13.5 Å². The predicted octanol–water partition coefficient (Wildman–Crippen LogP) is 3.48. The molecule has 1 aliphatic heterocycles. The van der Waals surface area contributed by atoms with Crippen LogP contribution in [0.4, 0.5) is 16.2 Å². The van der Waals surface area contributed by atoms with Gasteiger partial charge in [-0.2, -0.15) is 4.98 Å². The van der Waals surface area contributed by atoms with Gasteiger partial charge in [-0.15, -0.1) is 0 Å². The highest BCUT2D eigenvalue weighted by molar-refractivity contribution is 5.93. The third kappa shape index (κ3) is 4.17. The summed E-state index contributed by atoms with van der Waals surface area (Å²) < 4.78 is 16.3. The van der Waals surface area contributed by atoms with Crippen LogP contribution in [0.3, 0.4) is 0 Å². The summed E-state index contributed by atoms with van der Waals surface area (Å²) in [6.07, 6.45) is 9.16. The van der Waals surface area contributed by atoms with Crippen LogP contribution < -0.4 is 10.2 Å². The number of aryl methyl sites for hydroxylation is 1. The largest absolute Gasteiger partial charge is 0.354 e. The first-order chi connectivity index (χ1) is 17.0. The fourth-order valence-electron chi connectivity index (χ4n) is 4.48. The monoisotopic (exact) mass is 471 g/mol. The second kappa shape index (κ2) is 8.62. The Kier molecular flexibility index (Phi) is 5.29. The zero-order chi connectivity index (χ0) is 23.9. The van der Waals surface area contributed by atoms with E-state index in [1.54, 1.807) is 10.6 Å². The molecule has 0 unspecified atom stereocenters. The molecule has 0 radical (unpaired) electrons. The molecular weight excluding hydrogens is 445 g/mol. The summed E-state index contributed by atoms with van der Waals surface area (Å²) in [5.41, 5.74) is 4.39. The van der Waals surface area contributed by atoms with E-state index in [0.717, 1.165) is 59.8 Å². The molecule has 5 aromatic heterocycles. The molecule has 0 aliphatic carbocycles. The summed E-state index contributed by atoms with van der Waals surface area (Å²) >= 11 is 0. The van der Waals surface area contributed by atoms with Crippen LogP contribution in [0.25, 0.3) is 27.8 Å². The molecule has 9 nitrogen and oxygen atoms in total. The number of hydrogen-bond donors (Lipinski definition) is 2. The second-order valence-corrected chi connectivity index (χ2v) is 9.02. The summed E-state index contributed by atoms with van der Waals surface area (Å²) in [7, 11) is 2.15. The lowest BCUT2D eigenvalue weighted by molar-refractivity contribution is 0.312. The number of H-pyrrole nitrogens is 1. The van der Waals surface area contributed by atoms with E-state index < -0.39 is 0 Å². The maximum Gasteiger partial charge on any atom is 0.224 e. The van der Waals surface area contributed by atoms with Crippen LogP contribution in [0.5, 0.6) is 0 Å². The van der Waals surface area contributed by atoms with Gasteiger partial charge in [-0.1, -0.05) is 6.07 Å². The number of rotatable bonds is 5. The van der Waals surface area contributed by atoms with Crippen molar-refractivity contribution in [3.05, 3.63) is 66.3 Å². The van der Waals surface area contributed by atoms with E-state index in [1.807, 2.05) is 31.7 Å². The van der Waals surface area contributed by atoms with Crippen molar-refractivity contribution in [2.75, 3.05) is 43.4 Å². The maximum absolute atomic E-state index is 14.6. The number of aromatic amines is 1. The highest BCUT2D eigenvalue weighted by Gasteiger charge is 2.16. The fraction of sp³-hybridized carbons (Fsp3) is 0.280. The molecule has 35 heavy (non-hydrogen) atoms. The summed E-state index contributed by atoms with van der Waals surface area (Å²) in [4.78, 5) is 25.8. The number of hydrogen-bond acceptors (Lipinski definition) is 7. The molecule has 0 spiro atoms. The van der Waals surface area contributed by atoms with Crippen LogP contribution >= 0.6 is 0 Å². The Morgan fingerprint density at radius 2 is 1.91 bits per heavy atom. The molecule has 178 valence electrons. The van der Waals surface area contributed by atoms with Gasteiger partial charge >= 0.3 is 0 Å². The molecule has 10 heteroatoms. The molecule has 0 amide bonds. The van der Waals surface area contributed by atoms with Crippen molar-refractivity contribution in [1.29, 1.82) is 0 Å². The van der Waals surface area contributed by atoms with Gasteiger partial charge in [-0.25, -0.2) is 19.3 Å². The minimum absolute atomic E-state index is 0.319. The number of fused-ring (bicyclic) bond motifs is 2. The Hall–Kier alpha value is -4.05. The van der Waals surface area contributed by atoms with Gasteiger partial charge in [0.2, 0.25) is 5.95 Å². The van der Waals surface area contributed by atoms with E-state index in [2.05, 4.69) is 59.2 Å². The second-order valence-electron chi connectivity index (χ2n) is 9.02. The number of imidazole rings is 1. The third-order valence-corrected chi connectivity index (χ3v) is 6.46. The van der Waals surface area contributed by atoms with Crippen molar-refractivity contribution in [3.63, 3.8) is 0 Å². The first-order valence-corrected chi connectivity index (χ1v) is 11.6. The number of nitrogens with zero attached hydrogens (tertiary/aromatic N) is 7. The lowest BCUT2D eigenvalue weighted by atomic mass is 10.1. The summed E-state index contributed by atoms with van der Waals surface area (Å²) in [5, 5.41) is 4.09. The topological polar surface area (TPSA) is 90.3 Å². The highest BCUT2D eigenvalue weighted by Crippen LogP contribution is 2.29. The van der Waals surface area contributed by atoms with Gasteiger partial charge in [-0.3, -0.25) is 0 Å². The maximum atomic E-state index is 14.6. The lowest BCUT2D eigenvalue weighted by Gasteiger charge is -2.33. The number of aromatic nitrogens is 6. The Morgan fingerprint density at radius 1 is 1.06 bits per heavy atom. The Labute approximate surface area is 201 Å². The average Bonchev–Trinajstić information content (AvgIpc) is 3.46. The first kappa shape index (κ1) is 21.5. The van der Waals surface area contributed by atoms with Gasteiger partial charge < -0.3 is 24.5 Å². The summed E-state index contributed by atoms with van der Waals surface area (Å²) in [6, 6.07) is 5.65. The van der Waals surface area contributed by atoms with Crippen LogP contribution in [-0.2, 0) is 6.54 Å². The van der Waals surface area contributed by atoms with Gasteiger partial charge in [0.05, 0.1) is 5.69 Å². The van der Waals surface area contributed by atoms with Crippen molar-refractivity contribution >= 4 is 28.4 Å². The molecule has 0 bridgehead atoms. The number of nitrogens with one attached hydrogen (secondary N) is 2. The number of anilines is 2. The Morgan fingerprint density at radius 3 is 2.71 bits per heavy atom. The molecule has 5 aromatic rings. The number of likely N-dealkylation sites (N-methyl/N-ethyl adjacent to an activating group) is 1. The molecule has 2 N–H and O–H groups in total. The van der Waals surface area contributed by atoms with Crippen LogP contribution in [0.1, 0.15) is 11.3 Å². The van der Waals surface area contributed by atoms with Crippen molar-refractivity contribution < 1.29 is 4.39 Å².